The summed E-state index contributed by atoms with van der Waals surface area (Å²) in [5.41, 5.74) is 0.703. The van der Waals surface area contributed by atoms with Gasteiger partial charge in [-0.05, 0) is 32.0 Å². The first-order chi connectivity index (χ1) is 7.77. The van der Waals surface area contributed by atoms with E-state index in [9.17, 15) is 4.79 Å². The highest BCUT2D eigenvalue weighted by Gasteiger charge is 2.05. The van der Waals surface area contributed by atoms with Gasteiger partial charge >= 0.3 is 0 Å². The van der Waals surface area contributed by atoms with Crippen LogP contribution in [0.4, 0.5) is 0 Å². The molecule has 0 unspecified atom stereocenters. The lowest BCUT2D eigenvalue weighted by Gasteiger charge is -2.06. The Labute approximate surface area is 96.8 Å². The number of ether oxygens (including phenoxy) is 1. The lowest BCUT2D eigenvalue weighted by molar-refractivity contribution is 0.0991. The molecule has 1 N–H and O–H groups in total. The van der Waals surface area contributed by atoms with E-state index in [0.717, 1.165) is 18.7 Å². The lowest BCUT2D eigenvalue weighted by Crippen LogP contribution is -2.23. The number of carbonyl (C=O) groups is 1. The van der Waals surface area contributed by atoms with Gasteiger partial charge in [0.05, 0.1) is 13.2 Å². The maximum absolute atomic E-state index is 11.8. The molecule has 0 aliphatic heterocycles. The molecule has 0 amide bonds. The van der Waals surface area contributed by atoms with Crippen LogP contribution in [-0.2, 0) is 0 Å². The fourth-order valence-electron chi connectivity index (χ4n) is 1.41. The van der Waals surface area contributed by atoms with E-state index in [4.69, 9.17) is 4.74 Å². The second-order valence-corrected chi connectivity index (χ2v) is 3.56. The standard InChI is InChI=1S/C13H19NO2/c1-3-8-14-10-13(15)11-6-5-7-12(9-11)16-4-2/h5-7,9,14H,3-4,8,10H2,1-2H3. The van der Waals surface area contributed by atoms with Gasteiger partial charge in [0, 0.05) is 5.56 Å². The minimum atomic E-state index is 0.106. The smallest absolute Gasteiger partial charge is 0.176 e. The van der Waals surface area contributed by atoms with E-state index in [2.05, 4.69) is 12.2 Å². The summed E-state index contributed by atoms with van der Waals surface area (Å²) in [6.45, 7) is 5.89. The number of ketones is 1. The zero-order valence-corrected chi connectivity index (χ0v) is 9.95. The average molecular weight is 221 g/mol. The van der Waals surface area contributed by atoms with Crippen molar-refractivity contribution in [1.29, 1.82) is 0 Å². The number of rotatable bonds is 7. The van der Waals surface area contributed by atoms with Gasteiger partial charge in [0.25, 0.3) is 0 Å². The highest BCUT2D eigenvalue weighted by Crippen LogP contribution is 2.13. The topological polar surface area (TPSA) is 38.3 Å². The van der Waals surface area contributed by atoms with Crippen LogP contribution in [0.5, 0.6) is 5.75 Å². The third kappa shape index (κ3) is 4.03. The van der Waals surface area contributed by atoms with E-state index in [1.807, 2.05) is 25.1 Å². The monoisotopic (exact) mass is 221 g/mol. The van der Waals surface area contributed by atoms with Gasteiger partial charge in [0.2, 0.25) is 0 Å². The number of Topliss-reactive ketones (excluding diaryl/α,β-unsaturated/α-hetero) is 1. The fraction of sp³-hybridized carbons (Fsp3) is 0.462. The maximum Gasteiger partial charge on any atom is 0.176 e. The van der Waals surface area contributed by atoms with Gasteiger partial charge in [0.15, 0.2) is 5.78 Å². The lowest BCUT2D eigenvalue weighted by atomic mass is 10.1. The van der Waals surface area contributed by atoms with Gasteiger partial charge in [-0.1, -0.05) is 19.1 Å². The largest absolute Gasteiger partial charge is 0.494 e. The van der Waals surface area contributed by atoms with Crippen LogP contribution in [0, 0.1) is 0 Å². The molecule has 3 nitrogen and oxygen atoms in total. The second kappa shape index (κ2) is 7.01. The first kappa shape index (κ1) is 12.7. The number of benzene rings is 1. The van der Waals surface area contributed by atoms with Gasteiger partial charge in [-0.3, -0.25) is 4.79 Å². The summed E-state index contributed by atoms with van der Waals surface area (Å²) in [7, 11) is 0. The minimum absolute atomic E-state index is 0.106. The van der Waals surface area contributed by atoms with E-state index in [1.165, 1.54) is 0 Å². The highest BCUT2D eigenvalue weighted by atomic mass is 16.5. The van der Waals surface area contributed by atoms with E-state index in [1.54, 1.807) is 6.07 Å². The fourth-order valence-corrected chi connectivity index (χ4v) is 1.41. The summed E-state index contributed by atoms with van der Waals surface area (Å²) in [6, 6.07) is 7.32. The second-order valence-electron chi connectivity index (χ2n) is 3.56. The summed E-state index contributed by atoms with van der Waals surface area (Å²) in [5.74, 6) is 0.860. The molecule has 1 aromatic carbocycles. The van der Waals surface area contributed by atoms with Crippen LogP contribution in [0.1, 0.15) is 30.6 Å². The van der Waals surface area contributed by atoms with Crippen molar-refractivity contribution in [3.63, 3.8) is 0 Å². The molecule has 1 aromatic rings. The van der Waals surface area contributed by atoms with E-state index in [-0.39, 0.29) is 5.78 Å². The number of hydrogen-bond donors (Lipinski definition) is 1. The van der Waals surface area contributed by atoms with E-state index >= 15 is 0 Å². The van der Waals surface area contributed by atoms with Crippen LogP contribution < -0.4 is 10.1 Å². The van der Waals surface area contributed by atoms with Gasteiger partial charge in [-0.15, -0.1) is 0 Å². The Hall–Kier alpha value is -1.35. The van der Waals surface area contributed by atoms with Gasteiger partial charge < -0.3 is 10.1 Å². The van der Waals surface area contributed by atoms with Crippen molar-refractivity contribution in [3.8, 4) is 5.75 Å². The molecule has 16 heavy (non-hydrogen) atoms. The SMILES string of the molecule is CCCNCC(=O)c1cccc(OCC)c1. The summed E-state index contributed by atoms with van der Waals surface area (Å²) in [4.78, 5) is 11.8. The molecule has 0 aliphatic carbocycles. The Morgan fingerprint density at radius 2 is 2.19 bits per heavy atom. The predicted octanol–water partition coefficient (Wildman–Crippen LogP) is 2.27. The van der Waals surface area contributed by atoms with Crippen molar-refractivity contribution < 1.29 is 9.53 Å². The maximum atomic E-state index is 11.8. The zero-order valence-electron chi connectivity index (χ0n) is 9.95. The van der Waals surface area contributed by atoms with Crippen molar-refractivity contribution in [2.45, 2.75) is 20.3 Å². The summed E-state index contributed by atoms with van der Waals surface area (Å²) < 4.78 is 5.35. The summed E-state index contributed by atoms with van der Waals surface area (Å²) >= 11 is 0. The van der Waals surface area contributed by atoms with Crippen LogP contribution in [0.2, 0.25) is 0 Å². The summed E-state index contributed by atoms with van der Waals surface area (Å²) in [5, 5.41) is 3.09. The van der Waals surface area contributed by atoms with Crippen molar-refractivity contribution in [1.82, 2.24) is 5.32 Å². The zero-order chi connectivity index (χ0) is 11.8. The Bertz CT molecular complexity index is 336. The Morgan fingerprint density at radius 3 is 2.88 bits per heavy atom. The van der Waals surface area contributed by atoms with Crippen LogP contribution in [-0.4, -0.2) is 25.5 Å². The summed E-state index contributed by atoms with van der Waals surface area (Å²) in [6.07, 6.45) is 1.03. The molecule has 0 saturated heterocycles. The van der Waals surface area contributed by atoms with Gasteiger partial charge in [-0.25, -0.2) is 0 Å². The van der Waals surface area contributed by atoms with E-state index in [0.29, 0.717) is 18.7 Å². The van der Waals surface area contributed by atoms with Gasteiger partial charge in [0.1, 0.15) is 5.75 Å². The van der Waals surface area contributed by atoms with Gasteiger partial charge in [-0.2, -0.15) is 0 Å². The number of nitrogens with one attached hydrogen (secondary N) is 1. The number of hydrogen-bond acceptors (Lipinski definition) is 3. The number of carbonyl (C=O) groups excluding carboxylic acids is 1. The van der Waals surface area contributed by atoms with E-state index < -0.39 is 0 Å². The Morgan fingerprint density at radius 1 is 1.38 bits per heavy atom. The highest BCUT2D eigenvalue weighted by molar-refractivity contribution is 5.97. The predicted molar refractivity (Wildman–Crippen MR) is 65.1 cm³/mol. The molecule has 0 atom stereocenters. The molecule has 0 bridgehead atoms. The quantitative estimate of drug-likeness (QED) is 0.567. The molecular formula is C13H19NO2. The van der Waals surface area contributed by atoms with Crippen molar-refractivity contribution >= 4 is 5.78 Å². The molecule has 0 aromatic heterocycles. The first-order valence-corrected chi connectivity index (χ1v) is 5.74. The minimum Gasteiger partial charge on any atom is -0.494 e. The molecule has 0 radical (unpaired) electrons. The molecule has 88 valence electrons. The Balaban J connectivity index is 2.57. The van der Waals surface area contributed by atoms with Crippen LogP contribution in [0.3, 0.4) is 0 Å². The normalized spacial score (nSPS) is 10.1. The molecule has 0 saturated carbocycles. The third-order valence-corrected chi connectivity index (χ3v) is 2.18. The van der Waals surface area contributed by atoms with Crippen LogP contribution in [0.25, 0.3) is 0 Å². The molecule has 0 aliphatic rings. The molecule has 0 spiro atoms. The van der Waals surface area contributed by atoms with Crippen molar-refractivity contribution in [2.75, 3.05) is 19.7 Å². The first-order valence-electron chi connectivity index (χ1n) is 5.74. The Kier molecular flexibility index (Phi) is 5.57. The molecule has 1 rings (SSSR count). The van der Waals surface area contributed by atoms with Crippen LogP contribution in [0.15, 0.2) is 24.3 Å². The third-order valence-electron chi connectivity index (χ3n) is 2.18. The average Bonchev–Trinajstić information content (AvgIpc) is 2.30. The molecular weight excluding hydrogens is 202 g/mol. The molecule has 0 heterocycles. The van der Waals surface area contributed by atoms with Crippen molar-refractivity contribution in [3.05, 3.63) is 29.8 Å². The molecule has 0 fully saturated rings. The molecule has 3 heteroatoms. The van der Waals surface area contributed by atoms with Crippen molar-refractivity contribution in [2.24, 2.45) is 0 Å². The van der Waals surface area contributed by atoms with Crippen LogP contribution >= 0.6 is 0 Å².